The number of hydrogen-bond donors (Lipinski definition) is 1. The Bertz CT molecular complexity index is 975. The molecule has 34 heavy (non-hydrogen) atoms. The maximum atomic E-state index is 12.8. The summed E-state index contributed by atoms with van der Waals surface area (Å²) in [7, 11) is 0. The molecule has 1 atom stereocenters. The molecule has 2 aromatic carbocycles. The van der Waals surface area contributed by atoms with Gasteiger partial charge in [0.15, 0.2) is 0 Å². The van der Waals surface area contributed by atoms with Gasteiger partial charge in [-0.1, -0.05) is 47.6 Å². The van der Waals surface area contributed by atoms with Crippen molar-refractivity contribution in [2.45, 2.75) is 65.0 Å². The van der Waals surface area contributed by atoms with Crippen molar-refractivity contribution in [2.75, 3.05) is 18.0 Å². The number of amides is 1. The smallest absolute Gasteiger partial charge is 0.408 e. The fourth-order valence-corrected chi connectivity index (χ4v) is 3.79. The standard InChI is InChI=1S/C27H35N3O4/c1-20(22-13-15-23(16-14-22)30-17-9-6-10-18-30)29-34-25(31)24(19-21-11-7-5-8-12-21)28-26(32)33-27(2,3)4/h5,7-8,11-16,24H,6,9-10,17-19H2,1-4H3,(H,28,32)/b29-20+/t24-/m0/s1. The van der Waals surface area contributed by atoms with Crippen molar-refractivity contribution in [1.29, 1.82) is 0 Å². The van der Waals surface area contributed by atoms with Gasteiger partial charge in [0.05, 0.1) is 5.71 Å². The Balaban J connectivity index is 1.66. The molecule has 1 saturated heterocycles. The number of carbonyl (C=O) groups is 2. The lowest BCUT2D eigenvalue weighted by Gasteiger charge is -2.28. The number of rotatable bonds is 7. The van der Waals surface area contributed by atoms with Gasteiger partial charge in [0.1, 0.15) is 11.6 Å². The maximum absolute atomic E-state index is 12.8. The van der Waals surface area contributed by atoms with Crippen molar-refractivity contribution in [2.24, 2.45) is 5.16 Å². The van der Waals surface area contributed by atoms with Crippen LogP contribution in [0.4, 0.5) is 10.5 Å². The van der Waals surface area contributed by atoms with E-state index in [1.165, 1.54) is 24.9 Å². The van der Waals surface area contributed by atoms with E-state index in [-0.39, 0.29) is 6.42 Å². The second-order valence-electron chi connectivity index (χ2n) is 9.57. The van der Waals surface area contributed by atoms with Crippen molar-refractivity contribution in [3.05, 3.63) is 65.7 Å². The first-order valence-corrected chi connectivity index (χ1v) is 11.9. The molecule has 2 aromatic rings. The van der Waals surface area contributed by atoms with Gasteiger partial charge < -0.3 is 19.8 Å². The minimum atomic E-state index is -0.935. The lowest BCUT2D eigenvalue weighted by molar-refractivity contribution is -0.146. The molecule has 0 aromatic heterocycles. The van der Waals surface area contributed by atoms with E-state index in [9.17, 15) is 9.59 Å². The topological polar surface area (TPSA) is 80.2 Å². The van der Waals surface area contributed by atoms with Crippen LogP contribution in [0.1, 0.15) is 58.1 Å². The molecule has 3 rings (SSSR count). The van der Waals surface area contributed by atoms with Gasteiger partial charge in [-0.05, 0) is 70.2 Å². The lowest BCUT2D eigenvalue weighted by Crippen LogP contribution is -2.45. The number of anilines is 1. The number of hydrogen-bond acceptors (Lipinski definition) is 6. The second kappa shape index (κ2) is 11.7. The molecule has 0 bridgehead atoms. The van der Waals surface area contributed by atoms with Crippen molar-refractivity contribution in [3.63, 3.8) is 0 Å². The van der Waals surface area contributed by atoms with Crippen molar-refractivity contribution in [1.82, 2.24) is 5.32 Å². The van der Waals surface area contributed by atoms with Gasteiger partial charge in [0.25, 0.3) is 0 Å². The second-order valence-corrected chi connectivity index (χ2v) is 9.57. The van der Waals surface area contributed by atoms with Crippen LogP contribution in [0.2, 0.25) is 0 Å². The van der Waals surface area contributed by atoms with Crippen LogP contribution in [-0.4, -0.2) is 42.5 Å². The minimum absolute atomic E-state index is 0.262. The number of ether oxygens (including phenoxy) is 1. The van der Waals surface area contributed by atoms with Crippen molar-refractivity contribution < 1.29 is 19.2 Å². The molecule has 0 spiro atoms. The average molecular weight is 466 g/mol. The number of nitrogens with one attached hydrogen (secondary N) is 1. The zero-order chi connectivity index (χ0) is 24.6. The summed E-state index contributed by atoms with van der Waals surface area (Å²) in [5.74, 6) is -0.654. The number of piperidine rings is 1. The van der Waals surface area contributed by atoms with Crippen LogP contribution < -0.4 is 10.2 Å². The third-order valence-corrected chi connectivity index (χ3v) is 5.54. The van der Waals surface area contributed by atoms with E-state index >= 15 is 0 Å². The fraction of sp³-hybridized carbons (Fsp3) is 0.444. The molecule has 1 N–H and O–H groups in total. The third kappa shape index (κ3) is 7.90. The molecule has 0 aliphatic carbocycles. The summed E-state index contributed by atoms with van der Waals surface area (Å²) in [5, 5.41) is 6.66. The number of oxime groups is 1. The predicted molar refractivity (Wildman–Crippen MR) is 134 cm³/mol. The monoisotopic (exact) mass is 465 g/mol. The van der Waals surface area contributed by atoms with Gasteiger partial charge in [-0.2, -0.15) is 0 Å². The summed E-state index contributed by atoms with van der Waals surface area (Å²) < 4.78 is 5.31. The van der Waals surface area contributed by atoms with E-state index in [4.69, 9.17) is 9.57 Å². The molecule has 0 saturated carbocycles. The van der Waals surface area contributed by atoms with Gasteiger partial charge >= 0.3 is 12.1 Å². The highest BCUT2D eigenvalue weighted by Crippen LogP contribution is 2.20. The molecule has 0 unspecified atom stereocenters. The first-order chi connectivity index (χ1) is 16.2. The number of carbonyl (C=O) groups excluding carboxylic acids is 2. The van der Waals surface area contributed by atoms with Gasteiger partial charge in [-0.3, -0.25) is 0 Å². The largest absolute Gasteiger partial charge is 0.444 e. The van der Waals surface area contributed by atoms with Crippen LogP contribution in [0.3, 0.4) is 0 Å². The summed E-state index contributed by atoms with van der Waals surface area (Å²) in [5.41, 5.74) is 2.84. The molecule has 182 valence electrons. The summed E-state index contributed by atoms with van der Waals surface area (Å²) in [6.45, 7) is 9.25. The molecular weight excluding hydrogens is 430 g/mol. The van der Waals surface area contributed by atoms with E-state index in [0.717, 1.165) is 24.2 Å². The zero-order valence-electron chi connectivity index (χ0n) is 20.5. The lowest BCUT2D eigenvalue weighted by atomic mass is 10.1. The highest BCUT2D eigenvalue weighted by molar-refractivity contribution is 5.99. The molecular formula is C27H35N3O4. The van der Waals surface area contributed by atoms with E-state index < -0.39 is 23.7 Å². The SMILES string of the molecule is C/C(=N\OC(=O)[C@H](Cc1ccccc1)NC(=O)OC(C)(C)C)c1ccc(N2CCCCC2)cc1. The van der Waals surface area contributed by atoms with Crippen LogP contribution in [0.5, 0.6) is 0 Å². The molecule has 1 amide bonds. The highest BCUT2D eigenvalue weighted by Gasteiger charge is 2.26. The summed E-state index contributed by atoms with van der Waals surface area (Å²) in [6.07, 6.45) is 3.32. The van der Waals surface area contributed by atoms with Crippen LogP contribution in [0.15, 0.2) is 59.8 Å². The first-order valence-electron chi connectivity index (χ1n) is 11.9. The molecule has 1 aliphatic rings. The molecule has 1 aliphatic heterocycles. The Hall–Kier alpha value is -3.35. The van der Waals surface area contributed by atoms with E-state index in [2.05, 4.69) is 27.5 Å². The van der Waals surface area contributed by atoms with Gasteiger partial charge in [-0.15, -0.1) is 0 Å². The number of alkyl carbamates (subject to hydrolysis) is 1. The number of nitrogens with zero attached hydrogens (tertiary/aromatic N) is 2. The van der Waals surface area contributed by atoms with E-state index in [0.29, 0.717) is 5.71 Å². The van der Waals surface area contributed by atoms with Crippen molar-refractivity contribution in [3.8, 4) is 0 Å². The number of benzene rings is 2. The first kappa shape index (κ1) is 25.3. The Morgan fingerprint density at radius 1 is 1.00 bits per heavy atom. The Labute approximate surface area is 202 Å². The third-order valence-electron chi connectivity index (χ3n) is 5.54. The molecule has 1 heterocycles. The zero-order valence-corrected chi connectivity index (χ0v) is 20.5. The van der Waals surface area contributed by atoms with Gasteiger partial charge in [0.2, 0.25) is 0 Å². The summed E-state index contributed by atoms with van der Waals surface area (Å²) >= 11 is 0. The fourth-order valence-electron chi connectivity index (χ4n) is 3.79. The average Bonchev–Trinajstić information content (AvgIpc) is 2.82. The predicted octanol–water partition coefficient (Wildman–Crippen LogP) is 5.08. The minimum Gasteiger partial charge on any atom is -0.444 e. The molecule has 7 heteroatoms. The van der Waals surface area contributed by atoms with Crippen LogP contribution >= 0.6 is 0 Å². The quantitative estimate of drug-likeness (QED) is 0.350. The van der Waals surface area contributed by atoms with Crippen LogP contribution in [0.25, 0.3) is 0 Å². The normalized spacial score (nSPS) is 15.4. The Morgan fingerprint density at radius 3 is 2.26 bits per heavy atom. The van der Waals surface area contributed by atoms with Gasteiger partial charge in [-0.25, -0.2) is 9.59 Å². The van der Waals surface area contributed by atoms with E-state index in [1.54, 1.807) is 27.7 Å². The maximum Gasteiger partial charge on any atom is 0.408 e. The Morgan fingerprint density at radius 2 is 1.65 bits per heavy atom. The van der Waals surface area contributed by atoms with Crippen LogP contribution in [0, 0.1) is 0 Å². The Kier molecular flexibility index (Phi) is 8.68. The molecule has 1 fully saturated rings. The molecule has 0 radical (unpaired) electrons. The highest BCUT2D eigenvalue weighted by atomic mass is 16.7. The van der Waals surface area contributed by atoms with Gasteiger partial charge in [0, 0.05) is 25.2 Å². The van der Waals surface area contributed by atoms with Crippen LogP contribution in [-0.2, 0) is 20.8 Å². The van der Waals surface area contributed by atoms with Crippen molar-refractivity contribution >= 4 is 23.5 Å². The van der Waals surface area contributed by atoms with E-state index in [1.807, 2.05) is 42.5 Å². The molecule has 7 nitrogen and oxygen atoms in total. The summed E-state index contributed by atoms with van der Waals surface area (Å²) in [4.78, 5) is 32.8. The summed E-state index contributed by atoms with van der Waals surface area (Å²) in [6, 6.07) is 16.6.